The Kier molecular flexibility index (Phi) is 3.55. The molecule has 0 unspecified atom stereocenters. The van der Waals surface area contributed by atoms with Crippen LogP contribution in [0.1, 0.15) is 11.1 Å². The zero-order valence-electron chi connectivity index (χ0n) is 11.3. The molecule has 1 aromatic heterocycles. The summed E-state index contributed by atoms with van der Waals surface area (Å²) in [4.78, 5) is 25.5. The molecule has 0 fully saturated rings. The Hall–Kier alpha value is -2.82. The molecular weight excluding hydrogens is 268 g/mol. The fraction of sp³-hybridized carbons (Fsp3) is 0.125. The van der Waals surface area contributed by atoms with Gasteiger partial charge in [0.1, 0.15) is 0 Å². The molecule has 3 rings (SSSR count). The lowest BCUT2D eigenvalue weighted by Gasteiger charge is -2.05. The van der Waals surface area contributed by atoms with Gasteiger partial charge in [-0.25, -0.2) is 4.79 Å². The number of benzene rings is 2. The highest BCUT2D eigenvalue weighted by Gasteiger charge is 2.05. The van der Waals surface area contributed by atoms with E-state index in [1.54, 1.807) is 12.1 Å². The van der Waals surface area contributed by atoms with E-state index in [2.05, 4.69) is 10.3 Å². The van der Waals surface area contributed by atoms with Crippen LogP contribution in [0.5, 0.6) is 0 Å². The third-order valence-electron chi connectivity index (χ3n) is 3.18. The first-order valence-electron chi connectivity index (χ1n) is 6.63. The summed E-state index contributed by atoms with van der Waals surface area (Å²) in [6.07, 6.45) is 0.353. The van der Waals surface area contributed by atoms with E-state index in [1.807, 2.05) is 36.4 Å². The van der Waals surface area contributed by atoms with Crippen molar-refractivity contribution in [1.82, 2.24) is 10.3 Å². The predicted molar refractivity (Wildman–Crippen MR) is 78.8 cm³/mol. The highest BCUT2D eigenvalue weighted by molar-refractivity contribution is 5.79. The van der Waals surface area contributed by atoms with E-state index in [0.29, 0.717) is 24.1 Å². The Balaban J connectivity index is 1.63. The van der Waals surface area contributed by atoms with Crippen LogP contribution >= 0.6 is 0 Å². The van der Waals surface area contributed by atoms with Crippen LogP contribution in [-0.2, 0) is 17.8 Å². The molecule has 5 nitrogen and oxygen atoms in total. The SMILES string of the molecule is O=C(Cc1ccccc1)NCc1ccc2oc(=O)[nH]c2c1. The molecule has 0 aliphatic heterocycles. The molecule has 106 valence electrons. The van der Waals surface area contributed by atoms with Gasteiger partial charge in [-0.05, 0) is 23.3 Å². The normalized spacial score (nSPS) is 10.7. The lowest BCUT2D eigenvalue weighted by atomic mass is 10.1. The summed E-state index contributed by atoms with van der Waals surface area (Å²) in [5, 5.41) is 2.86. The minimum atomic E-state index is -0.477. The monoisotopic (exact) mass is 282 g/mol. The minimum absolute atomic E-state index is 0.0398. The molecule has 0 saturated heterocycles. The third kappa shape index (κ3) is 3.20. The highest BCUT2D eigenvalue weighted by Crippen LogP contribution is 2.12. The molecule has 0 radical (unpaired) electrons. The van der Waals surface area contributed by atoms with Gasteiger partial charge in [0.15, 0.2) is 5.58 Å². The summed E-state index contributed by atoms with van der Waals surface area (Å²) in [5.41, 5.74) is 3.03. The lowest BCUT2D eigenvalue weighted by Crippen LogP contribution is -2.24. The van der Waals surface area contributed by atoms with E-state index in [-0.39, 0.29) is 5.91 Å². The van der Waals surface area contributed by atoms with Crippen LogP contribution in [-0.4, -0.2) is 10.9 Å². The fourth-order valence-corrected chi connectivity index (χ4v) is 2.15. The Labute approximate surface area is 120 Å². The fourth-order valence-electron chi connectivity index (χ4n) is 2.15. The van der Waals surface area contributed by atoms with Gasteiger partial charge in [0.25, 0.3) is 0 Å². The average molecular weight is 282 g/mol. The van der Waals surface area contributed by atoms with Crippen LogP contribution in [0, 0.1) is 0 Å². The van der Waals surface area contributed by atoms with Crippen molar-refractivity contribution in [3.8, 4) is 0 Å². The van der Waals surface area contributed by atoms with Crippen LogP contribution in [0.3, 0.4) is 0 Å². The van der Waals surface area contributed by atoms with Crippen molar-refractivity contribution < 1.29 is 9.21 Å². The van der Waals surface area contributed by atoms with E-state index >= 15 is 0 Å². The number of H-pyrrole nitrogens is 1. The number of nitrogens with one attached hydrogen (secondary N) is 2. The second kappa shape index (κ2) is 5.66. The van der Waals surface area contributed by atoms with Gasteiger partial charge in [-0.3, -0.25) is 9.78 Å². The van der Waals surface area contributed by atoms with Crippen molar-refractivity contribution >= 4 is 17.0 Å². The molecule has 0 saturated carbocycles. The number of amides is 1. The van der Waals surface area contributed by atoms with Crippen molar-refractivity contribution in [3.05, 3.63) is 70.2 Å². The molecule has 0 spiro atoms. The quantitative estimate of drug-likeness (QED) is 0.768. The zero-order chi connectivity index (χ0) is 14.7. The Morgan fingerprint density at radius 3 is 2.71 bits per heavy atom. The number of carbonyl (C=O) groups is 1. The number of hydrogen-bond acceptors (Lipinski definition) is 3. The van der Waals surface area contributed by atoms with E-state index in [4.69, 9.17) is 4.42 Å². The second-order valence-corrected chi connectivity index (χ2v) is 4.78. The molecule has 2 aromatic carbocycles. The summed E-state index contributed by atoms with van der Waals surface area (Å²) in [7, 11) is 0. The number of aromatic amines is 1. The molecule has 0 atom stereocenters. The van der Waals surface area contributed by atoms with Crippen molar-refractivity contribution in [1.29, 1.82) is 0 Å². The molecule has 0 bridgehead atoms. The molecule has 21 heavy (non-hydrogen) atoms. The molecule has 1 heterocycles. The van der Waals surface area contributed by atoms with Crippen LogP contribution in [0.2, 0.25) is 0 Å². The number of oxazole rings is 1. The van der Waals surface area contributed by atoms with Gasteiger partial charge in [0, 0.05) is 6.54 Å². The van der Waals surface area contributed by atoms with Gasteiger partial charge in [-0.2, -0.15) is 0 Å². The summed E-state index contributed by atoms with van der Waals surface area (Å²) in [5.74, 6) is -0.516. The maximum atomic E-state index is 11.9. The van der Waals surface area contributed by atoms with Gasteiger partial charge >= 0.3 is 5.76 Å². The van der Waals surface area contributed by atoms with Crippen molar-refractivity contribution in [2.45, 2.75) is 13.0 Å². The maximum absolute atomic E-state index is 11.9. The molecule has 1 amide bonds. The van der Waals surface area contributed by atoms with E-state index in [1.165, 1.54) is 0 Å². The predicted octanol–water partition coefficient (Wildman–Crippen LogP) is 1.98. The number of hydrogen-bond donors (Lipinski definition) is 2. The summed E-state index contributed by atoms with van der Waals surface area (Å²) >= 11 is 0. The molecule has 0 aliphatic carbocycles. The van der Waals surface area contributed by atoms with Gasteiger partial charge in [0.2, 0.25) is 5.91 Å². The van der Waals surface area contributed by atoms with Crippen molar-refractivity contribution in [2.75, 3.05) is 0 Å². The average Bonchev–Trinajstić information content (AvgIpc) is 2.85. The number of fused-ring (bicyclic) bond motifs is 1. The van der Waals surface area contributed by atoms with E-state index in [0.717, 1.165) is 11.1 Å². The zero-order valence-corrected chi connectivity index (χ0v) is 11.3. The summed E-state index contributed by atoms with van der Waals surface area (Å²) in [6, 6.07) is 14.9. The largest absolute Gasteiger partial charge is 0.417 e. The van der Waals surface area contributed by atoms with Crippen molar-refractivity contribution in [2.24, 2.45) is 0 Å². The number of rotatable bonds is 4. The molecule has 0 aliphatic rings. The first kappa shape index (κ1) is 13.2. The van der Waals surface area contributed by atoms with Gasteiger partial charge in [-0.15, -0.1) is 0 Å². The van der Waals surface area contributed by atoms with Crippen LogP contribution in [0.25, 0.3) is 11.1 Å². The standard InChI is InChI=1S/C16H14N2O3/c19-15(9-11-4-2-1-3-5-11)17-10-12-6-7-14-13(8-12)18-16(20)21-14/h1-8H,9-10H2,(H,17,19)(H,18,20). The van der Waals surface area contributed by atoms with E-state index < -0.39 is 5.76 Å². The minimum Gasteiger partial charge on any atom is -0.408 e. The van der Waals surface area contributed by atoms with Gasteiger partial charge in [-0.1, -0.05) is 36.4 Å². The molecular formula is C16H14N2O3. The first-order valence-corrected chi connectivity index (χ1v) is 6.63. The maximum Gasteiger partial charge on any atom is 0.417 e. The summed E-state index contributed by atoms with van der Waals surface area (Å²) < 4.78 is 4.93. The van der Waals surface area contributed by atoms with Gasteiger partial charge < -0.3 is 9.73 Å². The van der Waals surface area contributed by atoms with Gasteiger partial charge in [0.05, 0.1) is 11.9 Å². The Morgan fingerprint density at radius 2 is 1.90 bits per heavy atom. The third-order valence-corrected chi connectivity index (χ3v) is 3.18. The molecule has 5 heteroatoms. The van der Waals surface area contributed by atoms with Crippen LogP contribution < -0.4 is 11.1 Å². The Bertz CT molecular complexity index is 818. The number of carbonyl (C=O) groups excluding carboxylic acids is 1. The Morgan fingerprint density at radius 1 is 1.10 bits per heavy atom. The van der Waals surface area contributed by atoms with Crippen molar-refractivity contribution in [3.63, 3.8) is 0 Å². The molecule has 3 aromatic rings. The topological polar surface area (TPSA) is 75.1 Å². The molecule has 2 N–H and O–H groups in total. The lowest BCUT2D eigenvalue weighted by molar-refractivity contribution is -0.120. The summed E-state index contributed by atoms with van der Waals surface area (Å²) in [6.45, 7) is 0.412. The van der Waals surface area contributed by atoms with Crippen LogP contribution in [0.15, 0.2) is 57.7 Å². The highest BCUT2D eigenvalue weighted by atomic mass is 16.4. The smallest absolute Gasteiger partial charge is 0.408 e. The number of aromatic nitrogens is 1. The first-order chi connectivity index (χ1) is 10.2. The second-order valence-electron chi connectivity index (χ2n) is 4.78. The van der Waals surface area contributed by atoms with E-state index in [9.17, 15) is 9.59 Å². The van der Waals surface area contributed by atoms with Crippen LogP contribution in [0.4, 0.5) is 0 Å².